The van der Waals surface area contributed by atoms with E-state index in [9.17, 15) is 14.0 Å². The summed E-state index contributed by atoms with van der Waals surface area (Å²) in [6.45, 7) is 3.00. The van der Waals surface area contributed by atoms with Gasteiger partial charge in [0.25, 0.3) is 0 Å². The van der Waals surface area contributed by atoms with Crippen molar-refractivity contribution < 1.29 is 23.5 Å². The fraction of sp³-hybridized carbons (Fsp3) is 0.238. The van der Waals surface area contributed by atoms with Gasteiger partial charge >= 0.3 is 0 Å². The van der Waals surface area contributed by atoms with Crippen molar-refractivity contribution >= 4 is 23.6 Å². The van der Waals surface area contributed by atoms with E-state index in [1.54, 1.807) is 37.3 Å². The average molecular weight is 384 g/mol. The van der Waals surface area contributed by atoms with E-state index in [-0.39, 0.29) is 24.2 Å². The number of anilines is 1. The summed E-state index contributed by atoms with van der Waals surface area (Å²) in [5, 5.41) is 2.75. The van der Waals surface area contributed by atoms with E-state index in [0.29, 0.717) is 42.5 Å². The summed E-state index contributed by atoms with van der Waals surface area (Å²) in [7, 11) is 0. The SMILES string of the molecule is CCN(CC(=O)Nc1ccc2c(c1)OCCO2)C(=O)/C=C/c1cccc(F)c1. The molecule has 0 bridgehead atoms. The highest BCUT2D eigenvalue weighted by atomic mass is 19.1. The maximum atomic E-state index is 13.2. The fourth-order valence-electron chi connectivity index (χ4n) is 2.72. The van der Waals surface area contributed by atoms with Crippen LogP contribution in [0.4, 0.5) is 10.1 Å². The molecule has 0 spiro atoms. The standard InChI is InChI=1S/C21H21FN2O4/c1-2-24(21(26)9-6-15-4-3-5-16(22)12-15)14-20(25)23-17-7-8-18-19(13-17)28-11-10-27-18/h3-9,12-13H,2,10-11,14H2,1H3,(H,23,25)/b9-6+. The summed E-state index contributed by atoms with van der Waals surface area (Å²) in [6.07, 6.45) is 2.85. The molecule has 0 saturated heterocycles. The molecule has 1 heterocycles. The molecule has 6 nitrogen and oxygen atoms in total. The molecule has 146 valence electrons. The number of likely N-dealkylation sites (N-methyl/N-ethyl adjacent to an activating group) is 1. The summed E-state index contributed by atoms with van der Waals surface area (Å²) in [6, 6.07) is 11.1. The maximum absolute atomic E-state index is 13.2. The smallest absolute Gasteiger partial charge is 0.247 e. The molecule has 28 heavy (non-hydrogen) atoms. The first-order chi connectivity index (χ1) is 13.5. The van der Waals surface area contributed by atoms with Crippen molar-refractivity contribution in [2.75, 3.05) is 31.6 Å². The van der Waals surface area contributed by atoms with Gasteiger partial charge in [0.05, 0.1) is 0 Å². The van der Waals surface area contributed by atoms with Crippen molar-refractivity contribution in [3.8, 4) is 11.5 Å². The van der Waals surface area contributed by atoms with Crippen LogP contribution in [0.25, 0.3) is 6.08 Å². The topological polar surface area (TPSA) is 67.9 Å². The second kappa shape index (κ2) is 9.03. The van der Waals surface area contributed by atoms with Crippen molar-refractivity contribution in [2.24, 2.45) is 0 Å². The molecule has 0 aromatic heterocycles. The molecule has 1 aliphatic rings. The van der Waals surface area contributed by atoms with Crippen LogP contribution < -0.4 is 14.8 Å². The highest BCUT2D eigenvalue weighted by Gasteiger charge is 2.16. The van der Waals surface area contributed by atoms with Crippen LogP contribution in [-0.2, 0) is 9.59 Å². The predicted molar refractivity (Wildman–Crippen MR) is 104 cm³/mol. The van der Waals surface area contributed by atoms with E-state index in [1.807, 2.05) is 0 Å². The lowest BCUT2D eigenvalue weighted by Crippen LogP contribution is -2.36. The molecule has 0 radical (unpaired) electrons. The van der Waals surface area contributed by atoms with Gasteiger partial charge in [-0.2, -0.15) is 0 Å². The molecule has 3 rings (SSSR count). The van der Waals surface area contributed by atoms with Crippen LogP contribution in [0, 0.1) is 5.82 Å². The normalized spacial score (nSPS) is 12.6. The summed E-state index contributed by atoms with van der Waals surface area (Å²) >= 11 is 0. The molecule has 2 amide bonds. The number of rotatable bonds is 6. The second-order valence-corrected chi connectivity index (χ2v) is 6.15. The first kappa shape index (κ1) is 19.4. The third kappa shape index (κ3) is 5.09. The molecule has 2 aromatic rings. The molecule has 2 aromatic carbocycles. The van der Waals surface area contributed by atoms with Crippen LogP contribution >= 0.6 is 0 Å². The Morgan fingerprint density at radius 1 is 1.14 bits per heavy atom. The van der Waals surface area contributed by atoms with Crippen molar-refractivity contribution in [3.63, 3.8) is 0 Å². The van der Waals surface area contributed by atoms with Gasteiger partial charge < -0.3 is 19.7 Å². The number of carbonyl (C=O) groups is 2. The lowest BCUT2D eigenvalue weighted by Gasteiger charge is -2.20. The van der Waals surface area contributed by atoms with E-state index in [0.717, 1.165) is 0 Å². The molecular weight excluding hydrogens is 363 g/mol. The lowest BCUT2D eigenvalue weighted by molar-refractivity contribution is -0.130. The van der Waals surface area contributed by atoms with Gasteiger partial charge in [0.2, 0.25) is 11.8 Å². The van der Waals surface area contributed by atoms with Crippen LogP contribution in [0.15, 0.2) is 48.5 Å². The summed E-state index contributed by atoms with van der Waals surface area (Å²) in [5.41, 5.74) is 1.14. The number of fused-ring (bicyclic) bond motifs is 1. The number of nitrogens with zero attached hydrogens (tertiary/aromatic N) is 1. The van der Waals surface area contributed by atoms with E-state index < -0.39 is 0 Å². The highest BCUT2D eigenvalue weighted by Crippen LogP contribution is 2.32. The molecule has 0 saturated carbocycles. The van der Waals surface area contributed by atoms with Gasteiger partial charge in [0.15, 0.2) is 11.5 Å². The highest BCUT2D eigenvalue weighted by molar-refractivity contribution is 5.98. The number of carbonyl (C=O) groups excluding carboxylic acids is 2. The molecule has 0 fully saturated rings. The number of hydrogen-bond donors (Lipinski definition) is 1. The van der Waals surface area contributed by atoms with E-state index in [4.69, 9.17) is 9.47 Å². The largest absolute Gasteiger partial charge is 0.486 e. The van der Waals surface area contributed by atoms with Gasteiger partial charge in [-0.3, -0.25) is 9.59 Å². The minimum absolute atomic E-state index is 0.0999. The minimum atomic E-state index is -0.374. The zero-order chi connectivity index (χ0) is 19.9. The van der Waals surface area contributed by atoms with Crippen LogP contribution in [0.1, 0.15) is 12.5 Å². The van der Waals surface area contributed by atoms with Crippen molar-refractivity contribution in [1.82, 2.24) is 4.90 Å². The van der Waals surface area contributed by atoms with E-state index in [2.05, 4.69) is 5.32 Å². The predicted octanol–water partition coefficient (Wildman–Crippen LogP) is 3.10. The molecule has 0 unspecified atom stereocenters. The summed E-state index contributed by atoms with van der Waals surface area (Å²) < 4.78 is 24.1. The molecule has 7 heteroatoms. The van der Waals surface area contributed by atoms with Crippen LogP contribution in [0.3, 0.4) is 0 Å². The Bertz CT molecular complexity index is 898. The van der Waals surface area contributed by atoms with Crippen molar-refractivity contribution in [1.29, 1.82) is 0 Å². The first-order valence-electron chi connectivity index (χ1n) is 8.97. The number of amides is 2. The van der Waals surface area contributed by atoms with Gasteiger partial charge in [-0.25, -0.2) is 4.39 Å². The van der Waals surface area contributed by atoms with Crippen molar-refractivity contribution in [3.05, 3.63) is 59.9 Å². The third-order valence-electron chi connectivity index (χ3n) is 4.12. The van der Waals surface area contributed by atoms with Crippen LogP contribution in [0.2, 0.25) is 0 Å². The quantitative estimate of drug-likeness (QED) is 0.777. The molecular formula is C21H21FN2O4. The fourth-order valence-corrected chi connectivity index (χ4v) is 2.72. The maximum Gasteiger partial charge on any atom is 0.247 e. The van der Waals surface area contributed by atoms with E-state index in [1.165, 1.54) is 29.2 Å². The van der Waals surface area contributed by atoms with Gasteiger partial charge in [0, 0.05) is 24.4 Å². The Labute approximate surface area is 162 Å². The molecule has 1 N–H and O–H groups in total. The first-order valence-corrected chi connectivity index (χ1v) is 8.97. The zero-order valence-electron chi connectivity index (χ0n) is 15.5. The monoisotopic (exact) mass is 384 g/mol. The number of benzene rings is 2. The number of halogens is 1. The Morgan fingerprint density at radius 2 is 1.93 bits per heavy atom. The molecule has 0 aliphatic carbocycles. The Hall–Kier alpha value is -3.35. The van der Waals surface area contributed by atoms with Gasteiger partial charge in [-0.1, -0.05) is 12.1 Å². The lowest BCUT2D eigenvalue weighted by atomic mass is 10.2. The van der Waals surface area contributed by atoms with E-state index >= 15 is 0 Å². The molecule has 0 atom stereocenters. The van der Waals surface area contributed by atoms with Gasteiger partial charge in [-0.15, -0.1) is 0 Å². The summed E-state index contributed by atoms with van der Waals surface area (Å²) in [4.78, 5) is 26.1. The Kier molecular flexibility index (Phi) is 6.26. The minimum Gasteiger partial charge on any atom is -0.486 e. The number of ether oxygens (including phenoxy) is 2. The Balaban J connectivity index is 1.59. The average Bonchev–Trinajstić information content (AvgIpc) is 2.70. The number of hydrogen-bond acceptors (Lipinski definition) is 4. The number of nitrogens with one attached hydrogen (secondary N) is 1. The Morgan fingerprint density at radius 3 is 2.68 bits per heavy atom. The van der Waals surface area contributed by atoms with Crippen LogP contribution in [-0.4, -0.2) is 43.0 Å². The molecule has 1 aliphatic heterocycles. The zero-order valence-corrected chi connectivity index (χ0v) is 15.5. The second-order valence-electron chi connectivity index (χ2n) is 6.15. The van der Waals surface area contributed by atoms with Gasteiger partial charge in [0.1, 0.15) is 25.6 Å². The van der Waals surface area contributed by atoms with Gasteiger partial charge in [-0.05, 0) is 42.8 Å². The third-order valence-corrected chi connectivity index (χ3v) is 4.12. The summed E-state index contributed by atoms with van der Waals surface area (Å²) in [5.74, 6) is 0.179. The van der Waals surface area contributed by atoms with Crippen LogP contribution in [0.5, 0.6) is 11.5 Å². The van der Waals surface area contributed by atoms with Crippen molar-refractivity contribution in [2.45, 2.75) is 6.92 Å².